The molecule has 2 aromatic rings. The van der Waals surface area contributed by atoms with Crippen LogP contribution in [0.2, 0.25) is 0 Å². The van der Waals surface area contributed by atoms with Crippen molar-refractivity contribution in [3.05, 3.63) is 46.9 Å². The van der Waals surface area contributed by atoms with E-state index in [4.69, 9.17) is 5.73 Å². The number of halogens is 1. The summed E-state index contributed by atoms with van der Waals surface area (Å²) < 4.78 is 14.4. The predicted octanol–water partition coefficient (Wildman–Crippen LogP) is 3.42. The monoisotopic (exact) mass is 372 g/mol. The number of nitrogens with zero attached hydrogens (tertiary/aromatic N) is 3. The molecular weight excluding hydrogens is 351 g/mol. The lowest BCUT2D eigenvalue weighted by atomic mass is 10.1. The van der Waals surface area contributed by atoms with E-state index in [-0.39, 0.29) is 4.91 Å². The fourth-order valence-corrected chi connectivity index (χ4v) is 3.14. The summed E-state index contributed by atoms with van der Waals surface area (Å²) in [7, 11) is 0. The highest BCUT2D eigenvalue weighted by molar-refractivity contribution is 7.85. The molecule has 136 valence electrons. The minimum absolute atomic E-state index is 0.104. The average Bonchev–Trinajstić information content (AvgIpc) is 2.93. The number of carbonyl (C=O) groups is 1. The molecule has 0 spiro atoms. The zero-order valence-electron chi connectivity index (χ0n) is 14.4. The molecule has 5 nitrogen and oxygen atoms in total. The second kappa shape index (κ2) is 8.31. The molecule has 0 unspecified atom stereocenters. The van der Waals surface area contributed by atoms with E-state index in [0.717, 1.165) is 31.7 Å². The van der Waals surface area contributed by atoms with Crippen LogP contribution in [0, 0.1) is 5.82 Å². The summed E-state index contributed by atoms with van der Waals surface area (Å²) in [5.41, 5.74) is 6.60. The van der Waals surface area contributed by atoms with Gasteiger partial charge >= 0.3 is 0 Å². The van der Waals surface area contributed by atoms with Gasteiger partial charge < -0.3 is 10.6 Å². The predicted molar refractivity (Wildman–Crippen MR) is 104 cm³/mol. The Balaban J connectivity index is 1.94. The van der Waals surface area contributed by atoms with Gasteiger partial charge in [0.05, 0.1) is 23.0 Å². The van der Waals surface area contributed by atoms with Gasteiger partial charge in [-0.25, -0.2) is 9.37 Å². The molecule has 3 rings (SSSR count). The number of anilines is 1. The highest BCUT2D eigenvalue weighted by Crippen LogP contribution is 2.26. The second-order valence-corrected chi connectivity index (χ2v) is 6.78. The maximum Gasteiger partial charge on any atom is 0.254 e. The van der Waals surface area contributed by atoms with Crippen LogP contribution in [-0.4, -0.2) is 29.0 Å². The summed E-state index contributed by atoms with van der Waals surface area (Å²) in [6.45, 7) is 1.87. The Morgan fingerprint density at radius 1 is 1.19 bits per heavy atom. The Bertz CT molecular complexity index is 832. The number of hydrogen-bond acceptors (Lipinski definition) is 5. The summed E-state index contributed by atoms with van der Waals surface area (Å²) in [6.07, 6.45) is 9.45. The Hall–Kier alpha value is -2.41. The van der Waals surface area contributed by atoms with Crippen molar-refractivity contribution in [2.24, 2.45) is 5.73 Å². The van der Waals surface area contributed by atoms with Crippen molar-refractivity contribution in [2.45, 2.75) is 25.7 Å². The molecule has 0 bridgehead atoms. The zero-order valence-corrected chi connectivity index (χ0v) is 15.3. The van der Waals surface area contributed by atoms with E-state index in [0.29, 0.717) is 16.8 Å². The Kier molecular flexibility index (Phi) is 5.88. The third-order valence-corrected chi connectivity index (χ3v) is 4.72. The van der Waals surface area contributed by atoms with Gasteiger partial charge in [0.15, 0.2) is 0 Å². The molecule has 0 saturated carbocycles. The Labute approximate surface area is 157 Å². The quantitative estimate of drug-likeness (QED) is 0.637. The first-order chi connectivity index (χ1) is 12.5. The maximum atomic E-state index is 14.4. The average molecular weight is 372 g/mol. The van der Waals surface area contributed by atoms with Crippen LogP contribution in [0.5, 0.6) is 0 Å². The van der Waals surface area contributed by atoms with E-state index >= 15 is 0 Å². The summed E-state index contributed by atoms with van der Waals surface area (Å²) in [4.78, 5) is 22.3. The number of rotatable bonds is 4. The summed E-state index contributed by atoms with van der Waals surface area (Å²) in [5, 5.41) is 0. The molecule has 26 heavy (non-hydrogen) atoms. The molecule has 1 amide bonds. The van der Waals surface area contributed by atoms with E-state index in [1.165, 1.54) is 25.0 Å². The normalized spacial score (nSPS) is 15.6. The summed E-state index contributed by atoms with van der Waals surface area (Å²) in [5.74, 6) is -0.275. The van der Waals surface area contributed by atoms with Gasteiger partial charge in [0.1, 0.15) is 11.6 Å². The molecule has 1 aromatic heterocycles. The first kappa shape index (κ1) is 18.4. The van der Waals surface area contributed by atoms with Gasteiger partial charge in [-0.15, -0.1) is 12.6 Å². The van der Waals surface area contributed by atoms with Gasteiger partial charge in [0, 0.05) is 18.7 Å². The minimum Gasteiger partial charge on any atom is -0.365 e. The number of nitrogens with two attached hydrogens (primary N) is 1. The third-order valence-electron chi connectivity index (χ3n) is 4.37. The standard InChI is InChI=1S/C19H21FN4OS/c20-15-6-5-13(10-17(26)19(21)25)9-14(15)16-11-22-12-18(23-16)24-7-3-1-2-4-8-24/h5-6,9-12,26H,1-4,7-8H2,(H2,21,25)/b17-10+. The minimum atomic E-state index is -0.637. The number of aromatic nitrogens is 2. The van der Waals surface area contributed by atoms with Crippen LogP contribution < -0.4 is 10.6 Å². The van der Waals surface area contributed by atoms with Crippen LogP contribution in [0.3, 0.4) is 0 Å². The lowest BCUT2D eigenvalue weighted by Crippen LogP contribution is -2.25. The van der Waals surface area contributed by atoms with Crippen molar-refractivity contribution in [2.75, 3.05) is 18.0 Å². The number of benzene rings is 1. The Morgan fingerprint density at radius 3 is 2.62 bits per heavy atom. The topological polar surface area (TPSA) is 72.1 Å². The molecule has 0 radical (unpaired) electrons. The van der Waals surface area contributed by atoms with Crippen molar-refractivity contribution in [1.29, 1.82) is 0 Å². The van der Waals surface area contributed by atoms with Crippen molar-refractivity contribution < 1.29 is 9.18 Å². The summed E-state index contributed by atoms with van der Waals surface area (Å²) >= 11 is 4.04. The molecule has 1 aromatic carbocycles. The van der Waals surface area contributed by atoms with Crippen LogP contribution >= 0.6 is 12.6 Å². The molecule has 2 heterocycles. The Morgan fingerprint density at radius 2 is 1.92 bits per heavy atom. The lowest BCUT2D eigenvalue weighted by Gasteiger charge is -2.21. The largest absolute Gasteiger partial charge is 0.365 e. The van der Waals surface area contributed by atoms with Gasteiger partial charge in [-0.3, -0.25) is 9.78 Å². The number of hydrogen-bond donors (Lipinski definition) is 2. The van der Waals surface area contributed by atoms with E-state index in [2.05, 4.69) is 27.5 Å². The molecule has 1 aliphatic rings. The number of primary amides is 1. The van der Waals surface area contributed by atoms with Gasteiger partial charge in [-0.1, -0.05) is 18.9 Å². The van der Waals surface area contributed by atoms with Crippen LogP contribution in [0.4, 0.5) is 10.2 Å². The first-order valence-corrected chi connectivity index (χ1v) is 9.07. The second-order valence-electron chi connectivity index (χ2n) is 6.30. The van der Waals surface area contributed by atoms with Gasteiger partial charge in [0.2, 0.25) is 0 Å². The van der Waals surface area contributed by atoms with Crippen molar-refractivity contribution >= 4 is 30.4 Å². The lowest BCUT2D eigenvalue weighted by molar-refractivity contribution is -0.113. The molecule has 1 saturated heterocycles. The molecule has 0 aliphatic carbocycles. The summed E-state index contributed by atoms with van der Waals surface area (Å²) in [6, 6.07) is 4.51. The molecule has 0 atom stereocenters. The first-order valence-electron chi connectivity index (χ1n) is 8.62. The van der Waals surface area contributed by atoms with Crippen LogP contribution in [0.1, 0.15) is 31.2 Å². The fraction of sp³-hybridized carbons (Fsp3) is 0.316. The van der Waals surface area contributed by atoms with E-state index in [9.17, 15) is 9.18 Å². The van der Waals surface area contributed by atoms with Crippen molar-refractivity contribution in [3.8, 4) is 11.3 Å². The van der Waals surface area contributed by atoms with E-state index in [1.807, 2.05) is 0 Å². The van der Waals surface area contributed by atoms with Gasteiger partial charge in [0.25, 0.3) is 5.91 Å². The van der Waals surface area contributed by atoms with Crippen LogP contribution in [0.15, 0.2) is 35.5 Å². The molecule has 1 aliphatic heterocycles. The third kappa shape index (κ3) is 4.40. The number of amides is 1. The van der Waals surface area contributed by atoms with Crippen molar-refractivity contribution in [3.63, 3.8) is 0 Å². The SMILES string of the molecule is NC(=O)/C(S)=C\c1ccc(F)c(-c2cncc(N3CCCCCC3)n2)c1. The zero-order chi connectivity index (χ0) is 18.5. The van der Waals surface area contributed by atoms with Crippen molar-refractivity contribution in [1.82, 2.24) is 9.97 Å². The number of carbonyl (C=O) groups excluding carboxylic acids is 1. The molecule has 7 heteroatoms. The van der Waals surface area contributed by atoms with E-state index in [1.54, 1.807) is 24.5 Å². The van der Waals surface area contributed by atoms with Crippen LogP contribution in [0.25, 0.3) is 17.3 Å². The molecule has 1 fully saturated rings. The van der Waals surface area contributed by atoms with Gasteiger partial charge in [-0.2, -0.15) is 0 Å². The maximum absolute atomic E-state index is 14.4. The smallest absolute Gasteiger partial charge is 0.254 e. The highest BCUT2D eigenvalue weighted by atomic mass is 32.1. The fourth-order valence-electron chi connectivity index (χ4n) is 3.00. The van der Waals surface area contributed by atoms with E-state index < -0.39 is 11.7 Å². The van der Waals surface area contributed by atoms with Crippen LogP contribution in [-0.2, 0) is 4.79 Å². The highest BCUT2D eigenvalue weighted by Gasteiger charge is 2.14. The molecule has 2 N–H and O–H groups in total. The van der Waals surface area contributed by atoms with Gasteiger partial charge in [-0.05, 0) is 36.6 Å². The number of thiol groups is 1. The molecular formula is C19H21FN4OS.